The van der Waals surface area contributed by atoms with Gasteiger partial charge in [0.25, 0.3) is 0 Å². The fraction of sp³-hybridized carbons (Fsp3) is 1.00. The Morgan fingerprint density at radius 1 is 1.38 bits per heavy atom. The molecule has 3 heteroatoms. The van der Waals surface area contributed by atoms with Gasteiger partial charge in [0.2, 0.25) is 0 Å². The summed E-state index contributed by atoms with van der Waals surface area (Å²) in [5, 5.41) is 3.46. The van der Waals surface area contributed by atoms with Gasteiger partial charge in [0.05, 0.1) is 19.3 Å². The Bertz CT molecular complexity index is 149. The highest BCUT2D eigenvalue weighted by Gasteiger charge is 2.28. The lowest BCUT2D eigenvalue weighted by atomic mass is 10.2. The minimum absolute atomic E-state index is 0.350. The van der Waals surface area contributed by atoms with E-state index in [-0.39, 0.29) is 0 Å². The molecule has 0 radical (unpaired) electrons. The monoisotopic (exact) mass is 187 g/mol. The van der Waals surface area contributed by atoms with Gasteiger partial charge in [-0.15, -0.1) is 0 Å². The van der Waals surface area contributed by atoms with Crippen LogP contribution in [0.1, 0.15) is 34.1 Å². The van der Waals surface area contributed by atoms with E-state index in [1.54, 1.807) is 0 Å². The SMILES string of the molecule is CCC(C)NC1COC(C)(C)OC1. The van der Waals surface area contributed by atoms with Crippen LogP contribution in [0.15, 0.2) is 0 Å². The largest absolute Gasteiger partial charge is 0.349 e. The zero-order valence-electron chi connectivity index (χ0n) is 9.09. The summed E-state index contributed by atoms with van der Waals surface area (Å²) >= 11 is 0. The quantitative estimate of drug-likeness (QED) is 0.726. The normalized spacial score (nSPS) is 25.8. The van der Waals surface area contributed by atoms with Gasteiger partial charge in [0.15, 0.2) is 5.79 Å². The van der Waals surface area contributed by atoms with Gasteiger partial charge in [-0.3, -0.25) is 0 Å². The maximum absolute atomic E-state index is 5.54. The topological polar surface area (TPSA) is 30.5 Å². The van der Waals surface area contributed by atoms with Gasteiger partial charge in [-0.1, -0.05) is 6.92 Å². The lowest BCUT2D eigenvalue weighted by Gasteiger charge is -2.36. The Labute approximate surface area is 80.8 Å². The van der Waals surface area contributed by atoms with Crippen LogP contribution in [0.5, 0.6) is 0 Å². The van der Waals surface area contributed by atoms with E-state index in [2.05, 4.69) is 19.2 Å². The van der Waals surface area contributed by atoms with Crippen LogP contribution in [0.2, 0.25) is 0 Å². The number of rotatable bonds is 3. The maximum atomic E-state index is 5.54. The van der Waals surface area contributed by atoms with Crippen LogP contribution in [-0.4, -0.2) is 31.1 Å². The predicted octanol–water partition coefficient (Wildman–Crippen LogP) is 1.53. The Balaban J connectivity index is 2.25. The molecular formula is C10H21NO2. The standard InChI is InChI=1S/C10H21NO2/c1-5-8(2)11-9-6-12-10(3,4)13-7-9/h8-9,11H,5-7H2,1-4H3. The van der Waals surface area contributed by atoms with Gasteiger partial charge in [-0.25, -0.2) is 0 Å². The fourth-order valence-corrected chi connectivity index (χ4v) is 1.31. The second-order valence-corrected chi connectivity index (χ2v) is 4.19. The van der Waals surface area contributed by atoms with Crippen molar-refractivity contribution >= 4 is 0 Å². The summed E-state index contributed by atoms with van der Waals surface area (Å²) in [6, 6.07) is 0.890. The van der Waals surface area contributed by atoms with Crippen LogP contribution in [0, 0.1) is 0 Å². The van der Waals surface area contributed by atoms with Crippen LogP contribution in [0.4, 0.5) is 0 Å². The third kappa shape index (κ3) is 3.63. The van der Waals surface area contributed by atoms with Crippen LogP contribution >= 0.6 is 0 Å². The average molecular weight is 187 g/mol. The second kappa shape index (κ2) is 4.40. The van der Waals surface area contributed by atoms with E-state index in [4.69, 9.17) is 9.47 Å². The smallest absolute Gasteiger partial charge is 0.162 e. The van der Waals surface area contributed by atoms with E-state index in [0.29, 0.717) is 12.1 Å². The van der Waals surface area contributed by atoms with E-state index in [1.165, 1.54) is 0 Å². The Morgan fingerprint density at radius 2 is 1.92 bits per heavy atom. The van der Waals surface area contributed by atoms with Crippen LogP contribution in [0.3, 0.4) is 0 Å². The zero-order valence-corrected chi connectivity index (χ0v) is 9.09. The number of ether oxygens (including phenoxy) is 2. The molecule has 0 aromatic heterocycles. The summed E-state index contributed by atoms with van der Waals surface area (Å²) in [5.41, 5.74) is 0. The molecule has 1 fully saturated rings. The molecular weight excluding hydrogens is 166 g/mol. The molecule has 1 unspecified atom stereocenters. The van der Waals surface area contributed by atoms with Crippen molar-refractivity contribution in [3.8, 4) is 0 Å². The van der Waals surface area contributed by atoms with Crippen LogP contribution < -0.4 is 5.32 Å². The lowest BCUT2D eigenvalue weighted by molar-refractivity contribution is -0.253. The molecule has 1 atom stereocenters. The molecule has 1 aliphatic rings. The fourth-order valence-electron chi connectivity index (χ4n) is 1.31. The first-order valence-electron chi connectivity index (χ1n) is 5.07. The Morgan fingerprint density at radius 3 is 2.38 bits per heavy atom. The lowest BCUT2D eigenvalue weighted by Crippen LogP contribution is -2.50. The molecule has 0 saturated carbocycles. The zero-order chi connectivity index (χ0) is 9.90. The molecule has 78 valence electrons. The molecule has 1 saturated heterocycles. The van der Waals surface area contributed by atoms with Crippen molar-refractivity contribution in [1.82, 2.24) is 5.32 Å². The second-order valence-electron chi connectivity index (χ2n) is 4.19. The van der Waals surface area contributed by atoms with Gasteiger partial charge in [0.1, 0.15) is 0 Å². The van der Waals surface area contributed by atoms with Crippen molar-refractivity contribution < 1.29 is 9.47 Å². The van der Waals surface area contributed by atoms with Crippen molar-refractivity contribution in [1.29, 1.82) is 0 Å². The maximum Gasteiger partial charge on any atom is 0.162 e. The summed E-state index contributed by atoms with van der Waals surface area (Å²) in [6.45, 7) is 9.75. The molecule has 0 amide bonds. The molecule has 0 aliphatic carbocycles. The average Bonchev–Trinajstić information content (AvgIpc) is 2.08. The van der Waals surface area contributed by atoms with Crippen molar-refractivity contribution in [3.05, 3.63) is 0 Å². The highest BCUT2D eigenvalue weighted by Crippen LogP contribution is 2.17. The van der Waals surface area contributed by atoms with Gasteiger partial charge in [0, 0.05) is 6.04 Å². The molecule has 0 bridgehead atoms. The highest BCUT2D eigenvalue weighted by molar-refractivity contribution is 4.75. The van der Waals surface area contributed by atoms with Crippen molar-refractivity contribution in [2.75, 3.05) is 13.2 Å². The molecule has 3 nitrogen and oxygen atoms in total. The molecule has 1 N–H and O–H groups in total. The Hall–Kier alpha value is -0.120. The molecule has 1 aliphatic heterocycles. The van der Waals surface area contributed by atoms with E-state index in [0.717, 1.165) is 19.6 Å². The van der Waals surface area contributed by atoms with Crippen molar-refractivity contribution in [2.45, 2.75) is 52.0 Å². The number of hydrogen-bond acceptors (Lipinski definition) is 3. The summed E-state index contributed by atoms with van der Waals surface area (Å²) in [5.74, 6) is -0.395. The minimum atomic E-state index is -0.395. The molecule has 1 heterocycles. The first kappa shape index (κ1) is 11.0. The Kier molecular flexibility index (Phi) is 3.71. The predicted molar refractivity (Wildman–Crippen MR) is 52.7 cm³/mol. The minimum Gasteiger partial charge on any atom is -0.349 e. The van der Waals surface area contributed by atoms with Crippen molar-refractivity contribution in [3.63, 3.8) is 0 Å². The summed E-state index contributed by atoms with van der Waals surface area (Å²) in [4.78, 5) is 0. The first-order valence-corrected chi connectivity index (χ1v) is 5.07. The molecule has 0 spiro atoms. The third-order valence-electron chi connectivity index (χ3n) is 2.40. The van der Waals surface area contributed by atoms with Crippen molar-refractivity contribution in [2.24, 2.45) is 0 Å². The highest BCUT2D eigenvalue weighted by atomic mass is 16.7. The van der Waals surface area contributed by atoms with Gasteiger partial charge in [-0.2, -0.15) is 0 Å². The van der Waals surface area contributed by atoms with E-state index < -0.39 is 5.79 Å². The van der Waals surface area contributed by atoms with Gasteiger partial charge >= 0.3 is 0 Å². The molecule has 13 heavy (non-hydrogen) atoms. The third-order valence-corrected chi connectivity index (χ3v) is 2.40. The summed E-state index contributed by atoms with van der Waals surface area (Å²) < 4.78 is 11.1. The van der Waals surface area contributed by atoms with Gasteiger partial charge in [-0.05, 0) is 27.2 Å². The first-order chi connectivity index (χ1) is 6.03. The molecule has 1 rings (SSSR count). The number of nitrogens with one attached hydrogen (secondary N) is 1. The molecule has 0 aromatic rings. The number of hydrogen-bond donors (Lipinski definition) is 1. The van der Waals surface area contributed by atoms with Gasteiger partial charge < -0.3 is 14.8 Å². The van der Waals surface area contributed by atoms with Crippen LogP contribution in [-0.2, 0) is 9.47 Å². The van der Waals surface area contributed by atoms with E-state index >= 15 is 0 Å². The van der Waals surface area contributed by atoms with E-state index in [1.807, 2.05) is 13.8 Å². The molecule has 0 aromatic carbocycles. The summed E-state index contributed by atoms with van der Waals surface area (Å²) in [6.07, 6.45) is 1.14. The van der Waals surface area contributed by atoms with E-state index in [9.17, 15) is 0 Å². The van der Waals surface area contributed by atoms with Crippen LogP contribution in [0.25, 0.3) is 0 Å². The summed E-state index contributed by atoms with van der Waals surface area (Å²) in [7, 11) is 0.